The van der Waals surface area contributed by atoms with E-state index in [2.05, 4.69) is 15.3 Å². The highest BCUT2D eigenvalue weighted by Gasteiger charge is 2.22. The largest absolute Gasteiger partial charge is 0.481 e. The molecule has 0 unspecified atom stereocenters. The number of carbonyl (C=O) groups is 3. The van der Waals surface area contributed by atoms with Gasteiger partial charge in [-0.3, -0.25) is 32.8 Å². The lowest BCUT2D eigenvalue weighted by atomic mass is 10.1. The Bertz CT molecular complexity index is 2720. The summed E-state index contributed by atoms with van der Waals surface area (Å²) < 4.78 is 27.2. The number of aryl methyl sites for hydroxylation is 2. The number of nitrogens with one attached hydrogen (secondary N) is 1. The van der Waals surface area contributed by atoms with Gasteiger partial charge in [0, 0.05) is 12.4 Å². The number of hydrogen-bond acceptors (Lipinski definition) is 10. The standard InChI is InChI=1S/C26H22FN3O4.C18H17N3O3/c1-17-7-12-22-29-24(21(31)14-28-23(32)13-18-8-10-20(27)11-9-18)25(26(33)30(22)15-17)34-16-19-5-3-2-4-6-19;1-12-7-8-15-20-16(14(22)9-19)17(18(23)21(15)10-12)24-11-13-5-3-2-4-6-13/h2-12,15H,13-14,16H2,1H3,(H,28,32);2-8,10H,9,11,19H2,1H3. The molecule has 294 valence electrons. The third-order valence-electron chi connectivity index (χ3n) is 8.75. The average Bonchev–Trinajstić information content (AvgIpc) is 3.24. The fourth-order valence-corrected chi connectivity index (χ4v) is 5.76. The predicted molar refractivity (Wildman–Crippen MR) is 215 cm³/mol. The first-order chi connectivity index (χ1) is 28.0. The van der Waals surface area contributed by atoms with Crippen molar-refractivity contribution in [2.45, 2.75) is 33.5 Å². The number of rotatable bonds is 13. The minimum absolute atomic E-state index is 0.0159. The summed E-state index contributed by atoms with van der Waals surface area (Å²) in [5.41, 5.74) is 9.08. The van der Waals surface area contributed by atoms with Crippen molar-refractivity contribution in [3.8, 4) is 11.5 Å². The molecule has 3 aromatic carbocycles. The van der Waals surface area contributed by atoms with Gasteiger partial charge in [0.15, 0.2) is 17.2 Å². The Morgan fingerprint density at radius 1 is 0.638 bits per heavy atom. The minimum Gasteiger partial charge on any atom is -0.481 e. The summed E-state index contributed by atoms with van der Waals surface area (Å²) >= 11 is 0. The third kappa shape index (κ3) is 9.91. The lowest BCUT2D eigenvalue weighted by Crippen LogP contribution is -2.32. The van der Waals surface area contributed by atoms with Crippen LogP contribution in [-0.2, 0) is 24.4 Å². The lowest BCUT2D eigenvalue weighted by molar-refractivity contribution is -0.120. The monoisotopic (exact) mass is 782 g/mol. The molecule has 0 aliphatic rings. The zero-order valence-corrected chi connectivity index (χ0v) is 31.7. The molecule has 0 saturated heterocycles. The van der Waals surface area contributed by atoms with Gasteiger partial charge in [-0.05, 0) is 65.9 Å². The van der Waals surface area contributed by atoms with Crippen molar-refractivity contribution in [2.75, 3.05) is 13.1 Å². The van der Waals surface area contributed by atoms with E-state index in [1.54, 1.807) is 30.6 Å². The molecule has 0 atom stereocenters. The van der Waals surface area contributed by atoms with Crippen LogP contribution in [0.1, 0.15) is 48.8 Å². The molecule has 58 heavy (non-hydrogen) atoms. The maximum absolute atomic E-state index is 13.2. The number of aromatic nitrogens is 4. The Kier molecular flexibility index (Phi) is 12.9. The Hall–Kier alpha value is -7.32. The molecule has 3 N–H and O–H groups in total. The van der Waals surface area contributed by atoms with E-state index in [9.17, 15) is 28.4 Å². The van der Waals surface area contributed by atoms with Gasteiger partial charge in [0.2, 0.25) is 23.2 Å². The average molecular weight is 783 g/mol. The van der Waals surface area contributed by atoms with E-state index >= 15 is 0 Å². The Balaban J connectivity index is 0.000000208. The summed E-state index contributed by atoms with van der Waals surface area (Å²) in [5.74, 6) is -2.05. The normalized spacial score (nSPS) is 10.8. The van der Waals surface area contributed by atoms with Crippen LogP contribution in [0.2, 0.25) is 0 Å². The van der Waals surface area contributed by atoms with Crippen LogP contribution in [0.5, 0.6) is 11.5 Å². The van der Waals surface area contributed by atoms with E-state index < -0.39 is 34.4 Å². The number of nitrogens with two attached hydrogens (primary N) is 1. The molecular formula is C44H39FN6O7. The van der Waals surface area contributed by atoms with Crippen molar-refractivity contribution in [3.05, 3.63) is 187 Å². The summed E-state index contributed by atoms with van der Waals surface area (Å²) in [7, 11) is 0. The Morgan fingerprint density at radius 2 is 1.10 bits per heavy atom. The molecule has 7 rings (SSSR count). The molecule has 7 aromatic rings. The summed E-state index contributed by atoms with van der Waals surface area (Å²) in [5, 5.41) is 2.54. The van der Waals surface area contributed by atoms with Crippen molar-refractivity contribution in [1.82, 2.24) is 24.1 Å². The second kappa shape index (κ2) is 18.5. The molecule has 14 heteroatoms. The second-order valence-corrected chi connectivity index (χ2v) is 13.2. The smallest absolute Gasteiger partial charge is 0.301 e. The first kappa shape index (κ1) is 40.3. The van der Waals surface area contributed by atoms with Crippen LogP contribution in [0.4, 0.5) is 4.39 Å². The van der Waals surface area contributed by atoms with Crippen LogP contribution < -0.4 is 31.6 Å². The molecule has 1 amide bonds. The van der Waals surface area contributed by atoms with Gasteiger partial charge in [-0.25, -0.2) is 14.4 Å². The molecular weight excluding hydrogens is 744 g/mol. The summed E-state index contributed by atoms with van der Waals surface area (Å²) in [6, 6.07) is 31.1. The van der Waals surface area contributed by atoms with Crippen molar-refractivity contribution < 1.29 is 28.2 Å². The number of halogens is 1. The number of ketones is 2. The lowest BCUT2D eigenvalue weighted by Gasteiger charge is -2.12. The Labute approximate surface area is 331 Å². The SMILES string of the molecule is Cc1ccc2nc(C(=O)CN)c(OCc3ccccc3)c(=O)n2c1.Cc1ccc2nc(C(=O)CNC(=O)Cc3ccc(F)cc3)c(OCc3ccccc3)c(=O)n2c1. The first-order valence-corrected chi connectivity index (χ1v) is 18.2. The van der Waals surface area contributed by atoms with Gasteiger partial charge in [0.1, 0.15) is 30.3 Å². The number of pyridine rings is 2. The summed E-state index contributed by atoms with van der Waals surface area (Å²) in [4.78, 5) is 71.9. The third-order valence-corrected chi connectivity index (χ3v) is 8.75. The van der Waals surface area contributed by atoms with Crippen LogP contribution in [0.15, 0.2) is 131 Å². The van der Waals surface area contributed by atoms with Gasteiger partial charge in [-0.1, -0.05) is 84.9 Å². The molecule has 0 fully saturated rings. The van der Waals surface area contributed by atoms with Gasteiger partial charge in [-0.15, -0.1) is 0 Å². The summed E-state index contributed by atoms with van der Waals surface area (Å²) in [6.07, 6.45) is 3.27. The number of benzene rings is 3. The van der Waals surface area contributed by atoms with E-state index in [4.69, 9.17) is 15.2 Å². The van der Waals surface area contributed by atoms with Crippen LogP contribution in [0.3, 0.4) is 0 Å². The zero-order valence-electron chi connectivity index (χ0n) is 31.7. The second-order valence-electron chi connectivity index (χ2n) is 13.2. The van der Waals surface area contributed by atoms with Crippen LogP contribution in [0.25, 0.3) is 11.3 Å². The highest BCUT2D eigenvalue weighted by Crippen LogP contribution is 2.18. The fraction of sp³-hybridized carbons (Fsp3) is 0.159. The van der Waals surface area contributed by atoms with Gasteiger partial charge < -0.3 is 20.5 Å². The molecule has 4 aromatic heterocycles. The Morgan fingerprint density at radius 3 is 1.57 bits per heavy atom. The number of Topliss-reactive ketones (excluding diaryl/α,β-unsaturated/α-hetero) is 2. The topological polar surface area (TPSA) is 176 Å². The molecule has 4 heterocycles. The fourth-order valence-electron chi connectivity index (χ4n) is 5.76. The van der Waals surface area contributed by atoms with E-state index in [-0.39, 0.29) is 55.6 Å². The van der Waals surface area contributed by atoms with Gasteiger partial charge in [0.05, 0.1) is 19.5 Å². The number of nitrogens with zero attached hydrogens (tertiary/aromatic N) is 4. The molecule has 0 aliphatic carbocycles. The highest BCUT2D eigenvalue weighted by molar-refractivity contribution is 6.00. The van der Waals surface area contributed by atoms with Crippen molar-refractivity contribution in [2.24, 2.45) is 5.73 Å². The number of hydrogen-bond donors (Lipinski definition) is 2. The molecule has 0 spiro atoms. The van der Waals surface area contributed by atoms with E-state index in [0.717, 1.165) is 22.3 Å². The molecule has 13 nitrogen and oxygen atoms in total. The maximum atomic E-state index is 13.2. The minimum atomic E-state index is -0.560. The number of ether oxygens (including phenoxy) is 2. The number of amides is 1. The van der Waals surface area contributed by atoms with Crippen LogP contribution in [0, 0.1) is 19.7 Å². The summed E-state index contributed by atoms with van der Waals surface area (Å²) in [6.45, 7) is 3.35. The van der Waals surface area contributed by atoms with Crippen LogP contribution in [-0.4, -0.2) is 49.3 Å². The zero-order chi connectivity index (χ0) is 41.2. The predicted octanol–water partition coefficient (Wildman–Crippen LogP) is 4.99. The van der Waals surface area contributed by atoms with Crippen molar-refractivity contribution in [1.29, 1.82) is 0 Å². The first-order valence-electron chi connectivity index (χ1n) is 18.2. The van der Waals surface area contributed by atoms with Gasteiger partial charge >= 0.3 is 11.1 Å². The maximum Gasteiger partial charge on any atom is 0.301 e. The molecule has 0 bridgehead atoms. The molecule has 0 aliphatic heterocycles. The quantitative estimate of drug-likeness (QED) is 0.152. The van der Waals surface area contributed by atoms with Gasteiger partial charge in [-0.2, -0.15) is 0 Å². The van der Waals surface area contributed by atoms with Crippen molar-refractivity contribution >= 4 is 28.8 Å². The van der Waals surface area contributed by atoms with Crippen molar-refractivity contribution in [3.63, 3.8) is 0 Å². The number of fused-ring (bicyclic) bond motifs is 2. The van der Waals surface area contributed by atoms with E-state index in [0.29, 0.717) is 16.9 Å². The van der Waals surface area contributed by atoms with Gasteiger partial charge in [0.25, 0.3) is 0 Å². The molecule has 0 saturated carbocycles. The molecule has 0 radical (unpaired) electrons. The highest BCUT2D eigenvalue weighted by atomic mass is 19.1. The van der Waals surface area contributed by atoms with E-state index in [1.807, 2.05) is 80.6 Å². The van der Waals surface area contributed by atoms with Crippen LogP contribution >= 0.6 is 0 Å². The number of carbonyl (C=O) groups excluding carboxylic acids is 3. The van der Waals surface area contributed by atoms with E-state index in [1.165, 1.54) is 33.1 Å².